The number of benzene rings is 1. The number of aromatic nitrogens is 1. The predicted octanol–water partition coefficient (Wildman–Crippen LogP) is 3.54. The molecule has 10 heteroatoms. The first-order valence-corrected chi connectivity index (χ1v) is 11.2. The minimum atomic E-state index is -3.00. The maximum atomic E-state index is 13.0. The lowest BCUT2D eigenvalue weighted by molar-refractivity contribution is -0.127. The van der Waals surface area contributed by atoms with Crippen molar-refractivity contribution in [1.82, 2.24) is 15.6 Å². The molecule has 3 rings (SSSR count). The molecule has 34 heavy (non-hydrogen) atoms. The van der Waals surface area contributed by atoms with E-state index < -0.39 is 24.5 Å². The first kappa shape index (κ1) is 25.1. The van der Waals surface area contributed by atoms with Gasteiger partial charge in [-0.1, -0.05) is 19.9 Å². The monoisotopic (exact) mass is 474 g/mol. The lowest BCUT2D eigenvalue weighted by atomic mass is 9.90. The zero-order valence-electron chi connectivity index (χ0n) is 19.1. The van der Waals surface area contributed by atoms with Gasteiger partial charge in [0.2, 0.25) is 11.8 Å². The number of nitrogens with zero attached hydrogens (tertiary/aromatic N) is 1. The molecule has 2 aromatic rings. The van der Waals surface area contributed by atoms with Gasteiger partial charge in [0, 0.05) is 35.7 Å². The molecule has 2 heterocycles. The predicted molar refractivity (Wildman–Crippen MR) is 120 cm³/mol. The number of aromatic amines is 1. The summed E-state index contributed by atoms with van der Waals surface area (Å²) in [5.74, 6) is -1.87. The summed E-state index contributed by atoms with van der Waals surface area (Å²) >= 11 is 0. The van der Waals surface area contributed by atoms with E-state index in [2.05, 4.69) is 20.4 Å². The highest BCUT2D eigenvalue weighted by molar-refractivity contribution is 6.02. The summed E-state index contributed by atoms with van der Waals surface area (Å²) in [4.78, 5) is 40.7. The van der Waals surface area contributed by atoms with Crippen LogP contribution in [0.5, 0.6) is 5.75 Å². The average Bonchev–Trinajstić information content (AvgIpc) is 3.39. The lowest BCUT2D eigenvalue weighted by Gasteiger charge is -2.21. The molecule has 3 unspecified atom stereocenters. The second-order valence-corrected chi connectivity index (χ2v) is 8.94. The van der Waals surface area contributed by atoms with Crippen LogP contribution in [0, 0.1) is 29.1 Å². The number of fused-ring (bicyclic) bond motifs is 1. The zero-order chi connectivity index (χ0) is 24.8. The van der Waals surface area contributed by atoms with Crippen LogP contribution >= 0.6 is 0 Å². The summed E-state index contributed by atoms with van der Waals surface area (Å²) in [6, 6.07) is 7.20. The molecular formula is C24H28F2N4O4. The number of halogens is 2. The molecule has 1 aliphatic heterocycles. The van der Waals surface area contributed by atoms with E-state index in [0.717, 1.165) is 0 Å². The summed E-state index contributed by atoms with van der Waals surface area (Å²) in [6.45, 7) is 1.40. The fraction of sp³-hybridized carbons (Fsp3) is 0.500. The molecule has 0 saturated carbocycles. The number of carbonyl (C=O) groups is 3. The number of amides is 2. The Labute approximate surface area is 196 Å². The Morgan fingerprint density at radius 1 is 1.32 bits per heavy atom. The first-order valence-electron chi connectivity index (χ1n) is 11.2. The average molecular weight is 475 g/mol. The quantitative estimate of drug-likeness (QED) is 0.430. The van der Waals surface area contributed by atoms with Crippen molar-refractivity contribution in [1.29, 1.82) is 5.26 Å². The van der Waals surface area contributed by atoms with Crippen molar-refractivity contribution >= 4 is 28.5 Å². The van der Waals surface area contributed by atoms with Gasteiger partial charge in [0.1, 0.15) is 11.8 Å². The van der Waals surface area contributed by atoms with Crippen molar-refractivity contribution in [2.24, 2.45) is 17.8 Å². The van der Waals surface area contributed by atoms with Gasteiger partial charge in [0.05, 0.1) is 11.8 Å². The molecule has 1 aromatic carbocycles. The lowest BCUT2D eigenvalue weighted by Crippen LogP contribution is -2.41. The molecule has 0 aliphatic carbocycles. The Hall–Kier alpha value is -3.48. The topological polar surface area (TPSA) is 124 Å². The first-order chi connectivity index (χ1) is 16.2. The Morgan fingerprint density at radius 3 is 2.71 bits per heavy atom. The van der Waals surface area contributed by atoms with Crippen LogP contribution in [0.15, 0.2) is 24.3 Å². The third kappa shape index (κ3) is 6.31. The molecule has 182 valence electrons. The number of alkyl halides is 2. The van der Waals surface area contributed by atoms with Gasteiger partial charge in [-0.3, -0.25) is 14.4 Å². The molecule has 0 radical (unpaired) electrons. The molecule has 3 atom stereocenters. The molecule has 1 aliphatic rings. The van der Waals surface area contributed by atoms with E-state index in [-0.39, 0.29) is 47.8 Å². The van der Waals surface area contributed by atoms with Gasteiger partial charge in [-0.25, -0.2) is 0 Å². The van der Waals surface area contributed by atoms with Gasteiger partial charge in [-0.2, -0.15) is 14.0 Å². The van der Waals surface area contributed by atoms with Crippen LogP contribution in [-0.2, 0) is 9.59 Å². The van der Waals surface area contributed by atoms with Gasteiger partial charge in [0.25, 0.3) is 0 Å². The molecule has 1 fully saturated rings. The van der Waals surface area contributed by atoms with Crippen molar-refractivity contribution < 1.29 is 27.9 Å². The Balaban J connectivity index is 1.72. The van der Waals surface area contributed by atoms with Gasteiger partial charge in [-0.15, -0.1) is 0 Å². The number of carbonyl (C=O) groups excluding carboxylic acids is 3. The number of Topliss-reactive ketones (excluding diaryl/α,β-unsaturated/α-hetero) is 1. The van der Waals surface area contributed by atoms with Crippen LogP contribution in [0.4, 0.5) is 8.78 Å². The summed E-state index contributed by atoms with van der Waals surface area (Å²) in [5.41, 5.74) is 0.645. The van der Waals surface area contributed by atoms with E-state index in [1.165, 1.54) is 18.2 Å². The highest BCUT2D eigenvalue weighted by Crippen LogP contribution is 2.29. The van der Waals surface area contributed by atoms with Crippen LogP contribution in [0.3, 0.4) is 0 Å². The van der Waals surface area contributed by atoms with Crippen LogP contribution in [0.1, 0.15) is 50.0 Å². The largest absolute Gasteiger partial charge is 0.434 e. The number of rotatable bonds is 11. The van der Waals surface area contributed by atoms with Gasteiger partial charge < -0.3 is 20.4 Å². The van der Waals surface area contributed by atoms with Crippen molar-refractivity contribution in [2.75, 3.05) is 6.54 Å². The standard InChI is InChI=1S/C24H28F2N4O4/c1-13(2)8-15(23(33)29-16(12-27)9-14-6-7-28-22(14)32)10-20(31)19-11-17-18(30-19)4-3-5-21(17)34-24(25)26/h3-5,11,13-16,24,30H,6-10H2,1-2H3,(H,28,32)(H,29,33). The summed E-state index contributed by atoms with van der Waals surface area (Å²) in [7, 11) is 0. The summed E-state index contributed by atoms with van der Waals surface area (Å²) in [6.07, 6.45) is 1.12. The molecule has 1 aromatic heterocycles. The van der Waals surface area contributed by atoms with Gasteiger partial charge in [0.15, 0.2) is 5.78 Å². The maximum Gasteiger partial charge on any atom is 0.387 e. The van der Waals surface area contributed by atoms with E-state index >= 15 is 0 Å². The summed E-state index contributed by atoms with van der Waals surface area (Å²) in [5, 5.41) is 15.2. The smallest absolute Gasteiger partial charge is 0.387 e. The third-order valence-electron chi connectivity index (χ3n) is 5.85. The number of nitrogens with one attached hydrogen (secondary N) is 3. The fourth-order valence-corrected chi connectivity index (χ4v) is 4.25. The zero-order valence-corrected chi connectivity index (χ0v) is 19.1. The number of hydrogen-bond acceptors (Lipinski definition) is 5. The van der Waals surface area contributed by atoms with Crippen LogP contribution in [-0.4, -0.2) is 41.8 Å². The molecule has 2 amide bonds. The highest BCUT2D eigenvalue weighted by Gasteiger charge is 2.30. The van der Waals surface area contributed by atoms with Gasteiger partial charge in [-0.05, 0) is 43.4 Å². The molecule has 0 bridgehead atoms. The maximum absolute atomic E-state index is 13.0. The molecule has 1 saturated heterocycles. The Morgan fingerprint density at radius 2 is 2.09 bits per heavy atom. The minimum absolute atomic E-state index is 0.0490. The van der Waals surface area contributed by atoms with E-state index in [9.17, 15) is 28.4 Å². The van der Waals surface area contributed by atoms with Crippen molar-refractivity contribution in [3.63, 3.8) is 0 Å². The summed E-state index contributed by atoms with van der Waals surface area (Å²) < 4.78 is 29.9. The molecule has 0 spiro atoms. The molecule has 8 nitrogen and oxygen atoms in total. The van der Waals surface area contributed by atoms with E-state index in [1.807, 2.05) is 19.9 Å². The van der Waals surface area contributed by atoms with Crippen molar-refractivity contribution in [2.45, 2.75) is 52.2 Å². The van der Waals surface area contributed by atoms with E-state index in [0.29, 0.717) is 30.3 Å². The SMILES string of the molecule is CC(C)CC(CC(=O)c1cc2c(OC(F)F)cccc2[nH]1)C(=O)NC(C#N)CC1CCNC1=O. The third-order valence-corrected chi connectivity index (χ3v) is 5.85. The number of hydrogen-bond donors (Lipinski definition) is 3. The Kier molecular flexibility index (Phi) is 8.21. The van der Waals surface area contributed by atoms with Crippen molar-refractivity contribution in [3.8, 4) is 11.8 Å². The number of ketones is 1. The van der Waals surface area contributed by atoms with Crippen LogP contribution < -0.4 is 15.4 Å². The van der Waals surface area contributed by atoms with E-state index in [4.69, 9.17) is 0 Å². The molecule has 3 N–H and O–H groups in total. The molecular weight excluding hydrogens is 446 g/mol. The van der Waals surface area contributed by atoms with Crippen LogP contribution in [0.2, 0.25) is 0 Å². The van der Waals surface area contributed by atoms with Crippen molar-refractivity contribution in [3.05, 3.63) is 30.0 Å². The van der Waals surface area contributed by atoms with Gasteiger partial charge >= 0.3 is 6.61 Å². The number of nitriles is 1. The second kappa shape index (κ2) is 11.1. The second-order valence-electron chi connectivity index (χ2n) is 8.94. The fourth-order valence-electron chi connectivity index (χ4n) is 4.25. The van der Waals surface area contributed by atoms with E-state index in [1.54, 1.807) is 6.07 Å². The number of ether oxygens (including phenoxy) is 1. The Bertz CT molecular complexity index is 1090. The highest BCUT2D eigenvalue weighted by atomic mass is 19.3. The number of H-pyrrole nitrogens is 1. The van der Waals surface area contributed by atoms with Crippen LogP contribution in [0.25, 0.3) is 10.9 Å². The normalized spacial score (nSPS) is 17.4. The minimum Gasteiger partial charge on any atom is -0.434 e.